The van der Waals surface area contributed by atoms with Crippen molar-refractivity contribution >= 4 is 17.3 Å². The summed E-state index contributed by atoms with van der Waals surface area (Å²) in [6.45, 7) is 3.47. The lowest BCUT2D eigenvalue weighted by molar-refractivity contribution is 0.197. The number of methoxy groups -OCH3 is 1. The lowest BCUT2D eigenvalue weighted by Crippen LogP contribution is -2.43. The fourth-order valence-electron chi connectivity index (χ4n) is 1.44. The summed E-state index contributed by atoms with van der Waals surface area (Å²) in [5.41, 5.74) is 2.58. The van der Waals surface area contributed by atoms with E-state index in [2.05, 4.69) is 27.6 Å². The first-order chi connectivity index (χ1) is 8.81. The van der Waals surface area contributed by atoms with Gasteiger partial charge in [0.2, 0.25) is 5.96 Å². The summed E-state index contributed by atoms with van der Waals surface area (Å²) in [4.78, 5) is 8.64. The fourth-order valence-corrected chi connectivity index (χ4v) is 2.22. The van der Waals surface area contributed by atoms with Gasteiger partial charge in [-0.2, -0.15) is 0 Å². The average molecular weight is 271 g/mol. The maximum Gasteiger partial charge on any atom is 0.206 e. The monoisotopic (exact) mass is 271 g/mol. The molecule has 6 nitrogen and oxygen atoms in total. The molecule has 4 N–H and O–H groups in total. The number of nitrogens with one attached hydrogen (secondary N) is 2. The number of aliphatic imine (C=N–C) groups is 1. The minimum atomic E-state index is 0.141. The normalized spacial score (nSPS) is 13.4. The van der Waals surface area contributed by atoms with E-state index in [1.807, 2.05) is 5.38 Å². The lowest BCUT2D eigenvalue weighted by atomic mass is 10.2. The van der Waals surface area contributed by atoms with Crippen molar-refractivity contribution in [2.75, 3.05) is 20.3 Å². The Bertz CT molecular complexity index is 341. The molecule has 0 aliphatic heterocycles. The number of guanidine groups is 1. The number of hydrogen-bond acceptors (Lipinski definition) is 5. The summed E-state index contributed by atoms with van der Waals surface area (Å²) in [7, 11) is 1.68. The summed E-state index contributed by atoms with van der Waals surface area (Å²) >= 11 is 1.62. The highest BCUT2D eigenvalue weighted by atomic mass is 32.1. The molecule has 1 rings (SSSR count). The van der Waals surface area contributed by atoms with Crippen molar-refractivity contribution < 1.29 is 4.74 Å². The predicted molar refractivity (Wildman–Crippen MR) is 74.4 cm³/mol. The highest BCUT2D eigenvalue weighted by Gasteiger charge is 2.12. The van der Waals surface area contributed by atoms with Crippen LogP contribution in [0.3, 0.4) is 0 Å². The van der Waals surface area contributed by atoms with Gasteiger partial charge in [0.1, 0.15) is 5.01 Å². The van der Waals surface area contributed by atoms with Crippen LogP contribution in [0.15, 0.2) is 16.6 Å². The van der Waals surface area contributed by atoms with E-state index in [1.165, 1.54) is 0 Å². The van der Waals surface area contributed by atoms with Crippen LogP contribution in [0.1, 0.15) is 30.8 Å². The third-order valence-electron chi connectivity index (χ3n) is 2.38. The number of nitrogens with zero attached hydrogens (tertiary/aromatic N) is 2. The van der Waals surface area contributed by atoms with Gasteiger partial charge < -0.3 is 10.1 Å². The summed E-state index contributed by atoms with van der Waals surface area (Å²) < 4.78 is 4.97. The number of nitrogens with two attached hydrogens (primary N) is 1. The van der Waals surface area contributed by atoms with Crippen LogP contribution in [0.2, 0.25) is 0 Å². The second-order valence-electron chi connectivity index (χ2n) is 3.70. The highest BCUT2D eigenvalue weighted by Crippen LogP contribution is 2.18. The molecule has 0 aliphatic rings. The zero-order valence-electron chi connectivity index (χ0n) is 10.8. The molecular weight excluding hydrogens is 250 g/mol. The minimum Gasteiger partial charge on any atom is -0.385 e. The van der Waals surface area contributed by atoms with Gasteiger partial charge in [0, 0.05) is 31.8 Å². The van der Waals surface area contributed by atoms with E-state index in [0.29, 0.717) is 19.1 Å². The van der Waals surface area contributed by atoms with Crippen LogP contribution in [0.5, 0.6) is 0 Å². The maximum atomic E-state index is 5.45. The molecule has 1 heterocycles. The molecule has 1 aromatic rings. The van der Waals surface area contributed by atoms with E-state index in [1.54, 1.807) is 24.6 Å². The Morgan fingerprint density at radius 2 is 2.50 bits per heavy atom. The van der Waals surface area contributed by atoms with Crippen LogP contribution in [0.25, 0.3) is 0 Å². The largest absolute Gasteiger partial charge is 0.385 e. The van der Waals surface area contributed by atoms with E-state index in [4.69, 9.17) is 10.6 Å². The third kappa shape index (κ3) is 4.99. The van der Waals surface area contributed by atoms with Crippen LogP contribution < -0.4 is 16.6 Å². The predicted octanol–water partition coefficient (Wildman–Crippen LogP) is 1.04. The summed E-state index contributed by atoms with van der Waals surface area (Å²) in [6.07, 6.45) is 3.60. The van der Waals surface area contributed by atoms with Crippen molar-refractivity contribution in [3.8, 4) is 0 Å². The van der Waals surface area contributed by atoms with Gasteiger partial charge in [0.05, 0.1) is 6.04 Å². The average Bonchev–Trinajstić information content (AvgIpc) is 2.92. The Morgan fingerprint density at radius 1 is 1.67 bits per heavy atom. The fraction of sp³-hybridized carbons (Fsp3) is 0.636. The molecule has 0 radical (unpaired) electrons. The van der Waals surface area contributed by atoms with Crippen LogP contribution in [-0.4, -0.2) is 31.2 Å². The second kappa shape index (κ2) is 8.84. The zero-order chi connectivity index (χ0) is 13.2. The quantitative estimate of drug-likeness (QED) is 0.227. The van der Waals surface area contributed by atoms with Gasteiger partial charge >= 0.3 is 0 Å². The van der Waals surface area contributed by atoms with Crippen molar-refractivity contribution in [1.29, 1.82) is 0 Å². The lowest BCUT2D eigenvalue weighted by Gasteiger charge is -2.17. The number of ether oxygens (including phenoxy) is 1. The van der Waals surface area contributed by atoms with Crippen molar-refractivity contribution in [2.45, 2.75) is 25.8 Å². The Hall–Kier alpha value is -1.18. The van der Waals surface area contributed by atoms with Crippen LogP contribution >= 0.6 is 11.3 Å². The molecular formula is C11H21N5OS. The molecule has 0 aliphatic carbocycles. The van der Waals surface area contributed by atoms with Crippen LogP contribution in [0.4, 0.5) is 0 Å². The topological polar surface area (TPSA) is 84.6 Å². The third-order valence-corrected chi connectivity index (χ3v) is 3.27. The first kappa shape index (κ1) is 14.9. The van der Waals surface area contributed by atoms with Crippen molar-refractivity contribution in [2.24, 2.45) is 10.8 Å². The summed E-state index contributed by atoms with van der Waals surface area (Å²) in [5.74, 6) is 6.04. The Morgan fingerprint density at radius 3 is 3.06 bits per heavy atom. The van der Waals surface area contributed by atoms with E-state index >= 15 is 0 Å². The Balaban J connectivity index is 2.50. The standard InChI is InChI=1S/C11H21N5OS/c1-3-9(10-13-6-8-18-10)15-11(16-12)14-5-4-7-17-2/h6,8-9H,3-5,7,12H2,1-2H3,(H2,14,15,16). The first-order valence-electron chi connectivity index (χ1n) is 5.97. The molecule has 18 heavy (non-hydrogen) atoms. The minimum absolute atomic E-state index is 0.141. The zero-order valence-corrected chi connectivity index (χ0v) is 11.7. The van der Waals surface area contributed by atoms with Gasteiger partial charge in [-0.1, -0.05) is 6.92 Å². The molecule has 0 fully saturated rings. The van der Waals surface area contributed by atoms with Gasteiger partial charge in [0.15, 0.2) is 0 Å². The smallest absolute Gasteiger partial charge is 0.206 e. The van der Waals surface area contributed by atoms with Gasteiger partial charge in [0.25, 0.3) is 0 Å². The summed E-state index contributed by atoms with van der Waals surface area (Å²) in [6, 6.07) is 0.141. The Labute approximate surface area is 112 Å². The molecule has 0 spiro atoms. The molecule has 0 bridgehead atoms. The molecule has 0 saturated carbocycles. The van der Waals surface area contributed by atoms with Crippen molar-refractivity contribution in [3.63, 3.8) is 0 Å². The molecule has 0 saturated heterocycles. The SMILES string of the molecule is CCC(NC(=NCCCOC)NN)c1nccs1. The molecule has 1 atom stereocenters. The van der Waals surface area contributed by atoms with E-state index in [0.717, 1.165) is 17.8 Å². The number of hydrazine groups is 1. The van der Waals surface area contributed by atoms with Gasteiger partial charge in [-0.05, 0) is 12.8 Å². The summed E-state index contributed by atoms with van der Waals surface area (Å²) in [5, 5.41) is 6.26. The molecule has 1 aromatic heterocycles. The van der Waals surface area contributed by atoms with Gasteiger partial charge in [-0.3, -0.25) is 10.4 Å². The van der Waals surface area contributed by atoms with Crippen molar-refractivity contribution in [1.82, 2.24) is 15.7 Å². The molecule has 0 amide bonds. The molecule has 1 unspecified atom stereocenters. The second-order valence-corrected chi connectivity index (χ2v) is 4.62. The molecule has 102 valence electrons. The molecule has 0 aromatic carbocycles. The van der Waals surface area contributed by atoms with Crippen LogP contribution in [0, 0.1) is 0 Å². The number of thiazole rings is 1. The van der Waals surface area contributed by atoms with Gasteiger partial charge in [-0.15, -0.1) is 11.3 Å². The van der Waals surface area contributed by atoms with Crippen LogP contribution in [-0.2, 0) is 4.74 Å². The van der Waals surface area contributed by atoms with E-state index in [9.17, 15) is 0 Å². The number of hydrogen-bond donors (Lipinski definition) is 3. The van der Waals surface area contributed by atoms with Crippen molar-refractivity contribution in [3.05, 3.63) is 16.6 Å². The number of rotatable bonds is 7. The number of aromatic nitrogens is 1. The molecule has 7 heteroatoms. The highest BCUT2D eigenvalue weighted by molar-refractivity contribution is 7.09. The van der Waals surface area contributed by atoms with E-state index in [-0.39, 0.29) is 6.04 Å². The Kier molecular flexibility index (Phi) is 7.31. The first-order valence-corrected chi connectivity index (χ1v) is 6.85. The van der Waals surface area contributed by atoms with E-state index < -0.39 is 0 Å². The van der Waals surface area contributed by atoms with Gasteiger partial charge in [-0.25, -0.2) is 10.8 Å². The maximum absolute atomic E-state index is 5.45.